The highest BCUT2D eigenvalue weighted by Crippen LogP contribution is 2.24. The number of amides is 1. The SMILES string of the molecule is NN=Cc1ccc(COc2ccc3c(c2)CCN(CC(=O)O)C3=O)cc1. The van der Waals surface area contributed by atoms with Crippen LogP contribution in [-0.4, -0.2) is 41.2 Å². The Morgan fingerprint density at radius 3 is 2.73 bits per heavy atom. The fourth-order valence-corrected chi connectivity index (χ4v) is 2.87. The van der Waals surface area contributed by atoms with Gasteiger partial charge in [0.25, 0.3) is 5.91 Å². The standard InChI is InChI=1S/C19H19N3O4/c20-21-10-13-1-3-14(4-2-13)12-26-16-5-6-17-15(9-16)7-8-22(19(17)25)11-18(23)24/h1-6,9-10H,7-8,11-12,20H2,(H,23,24). The number of carboxylic acid groups (broad SMARTS) is 1. The lowest BCUT2D eigenvalue weighted by molar-refractivity contribution is -0.137. The summed E-state index contributed by atoms with van der Waals surface area (Å²) in [5.74, 6) is 4.54. The highest BCUT2D eigenvalue weighted by atomic mass is 16.5. The van der Waals surface area contributed by atoms with Crippen LogP contribution >= 0.6 is 0 Å². The van der Waals surface area contributed by atoms with Crippen LogP contribution in [0.4, 0.5) is 0 Å². The van der Waals surface area contributed by atoms with Crippen molar-refractivity contribution in [1.29, 1.82) is 0 Å². The van der Waals surface area contributed by atoms with Gasteiger partial charge in [-0.1, -0.05) is 24.3 Å². The van der Waals surface area contributed by atoms with E-state index < -0.39 is 5.97 Å². The zero-order valence-electron chi connectivity index (χ0n) is 14.1. The second-order valence-electron chi connectivity index (χ2n) is 6.00. The zero-order valence-corrected chi connectivity index (χ0v) is 14.1. The van der Waals surface area contributed by atoms with Crippen molar-refractivity contribution >= 4 is 18.1 Å². The molecule has 0 saturated heterocycles. The summed E-state index contributed by atoms with van der Waals surface area (Å²) in [7, 11) is 0. The van der Waals surface area contributed by atoms with Crippen LogP contribution < -0.4 is 10.6 Å². The molecule has 0 unspecified atom stereocenters. The molecule has 3 rings (SSSR count). The number of carbonyl (C=O) groups excluding carboxylic acids is 1. The Morgan fingerprint density at radius 1 is 1.27 bits per heavy atom. The molecule has 3 N–H and O–H groups in total. The van der Waals surface area contributed by atoms with Gasteiger partial charge >= 0.3 is 5.97 Å². The van der Waals surface area contributed by atoms with E-state index in [1.54, 1.807) is 18.3 Å². The number of aliphatic carboxylic acids is 1. The van der Waals surface area contributed by atoms with Gasteiger partial charge in [-0.25, -0.2) is 0 Å². The topological polar surface area (TPSA) is 105 Å². The van der Waals surface area contributed by atoms with Crippen molar-refractivity contribution in [2.45, 2.75) is 13.0 Å². The van der Waals surface area contributed by atoms with Crippen LogP contribution in [0.1, 0.15) is 27.0 Å². The van der Waals surface area contributed by atoms with E-state index in [1.807, 2.05) is 30.3 Å². The maximum atomic E-state index is 12.3. The minimum Gasteiger partial charge on any atom is -0.489 e. The van der Waals surface area contributed by atoms with E-state index in [9.17, 15) is 9.59 Å². The number of carbonyl (C=O) groups is 2. The molecule has 26 heavy (non-hydrogen) atoms. The summed E-state index contributed by atoms with van der Waals surface area (Å²) in [5, 5.41) is 12.4. The first-order valence-corrected chi connectivity index (χ1v) is 8.16. The first-order valence-electron chi connectivity index (χ1n) is 8.16. The van der Waals surface area contributed by atoms with Crippen LogP contribution in [0.5, 0.6) is 5.75 Å². The molecule has 0 aliphatic carbocycles. The summed E-state index contributed by atoms with van der Waals surface area (Å²) < 4.78 is 5.81. The van der Waals surface area contributed by atoms with Crippen molar-refractivity contribution in [1.82, 2.24) is 4.90 Å². The number of benzene rings is 2. The molecule has 0 fully saturated rings. The van der Waals surface area contributed by atoms with E-state index in [1.165, 1.54) is 4.90 Å². The lowest BCUT2D eigenvalue weighted by Gasteiger charge is -2.27. The molecule has 0 radical (unpaired) electrons. The number of hydrogen-bond donors (Lipinski definition) is 2. The summed E-state index contributed by atoms with van der Waals surface area (Å²) in [6.45, 7) is 0.519. The number of hydrazone groups is 1. The van der Waals surface area contributed by atoms with Crippen molar-refractivity contribution in [3.05, 3.63) is 64.7 Å². The molecule has 1 heterocycles. The molecule has 0 atom stereocenters. The fraction of sp³-hybridized carbons (Fsp3) is 0.211. The summed E-state index contributed by atoms with van der Waals surface area (Å²) in [6.07, 6.45) is 2.18. The number of carboxylic acids is 1. The quantitative estimate of drug-likeness (QED) is 0.467. The third-order valence-electron chi connectivity index (χ3n) is 4.18. The number of rotatable bonds is 6. The Balaban J connectivity index is 1.66. The third-order valence-corrected chi connectivity index (χ3v) is 4.18. The molecular formula is C19H19N3O4. The molecule has 1 aliphatic rings. The molecule has 0 saturated carbocycles. The first-order chi connectivity index (χ1) is 12.6. The lowest BCUT2D eigenvalue weighted by atomic mass is 9.98. The number of nitrogens with two attached hydrogens (primary N) is 1. The van der Waals surface area contributed by atoms with Gasteiger partial charge in [0.1, 0.15) is 18.9 Å². The van der Waals surface area contributed by atoms with E-state index in [0.29, 0.717) is 30.9 Å². The van der Waals surface area contributed by atoms with Crippen molar-refractivity contribution in [3.63, 3.8) is 0 Å². The molecule has 1 aliphatic heterocycles. The van der Waals surface area contributed by atoms with Gasteiger partial charge < -0.3 is 20.6 Å². The number of fused-ring (bicyclic) bond motifs is 1. The molecular weight excluding hydrogens is 334 g/mol. The van der Waals surface area contributed by atoms with Gasteiger partial charge in [0, 0.05) is 12.1 Å². The fourth-order valence-electron chi connectivity index (χ4n) is 2.87. The second-order valence-corrected chi connectivity index (χ2v) is 6.00. The van der Waals surface area contributed by atoms with Crippen molar-refractivity contribution in [3.8, 4) is 5.75 Å². The van der Waals surface area contributed by atoms with Gasteiger partial charge in [0.2, 0.25) is 0 Å². The first kappa shape index (κ1) is 17.5. The Hall–Kier alpha value is -3.35. The normalized spacial score (nSPS) is 13.7. The molecule has 2 aromatic rings. The molecule has 7 nitrogen and oxygen atoms in total. The minimum absolute atomic E-state index is 0.252. The van der Waals surface area contributed by atoms with Crippen LogP contribution in [0, 0.1) is 0 Å². The maximum Gasteiger partial charge on any atom is 0.323 e. The molecule has 1 amide bonds. The smallest absolute Gasteiger partial charge is 0.323 e. The van der Waals surface area contributed by atoms with Gasteiger partial charge in [-0.2, -0.15) is 5.10 Å². The molecule has 0 aromatic heterocycles. The Kier molecular flexibility index (Phi) is 5.17. The molecule has 134 valence electrons. The van der Waals surface area contributed by atoms with Gasteiger partial charge in [-0.3, -0.25) is 9.59 Å². The van der Waals surface area contributed by atoms with Crippen molar-refractivity contribution in [2.24, 2.45) is 10.9 Å². The van der Waals surface area contributed by atoms with Crippen LogP contribution in [0.15, 0.2) is 47.6 Å². The number of ether oxygens (including phenoxy) is 1. The highest BCUT2D eigenvalue weighted by molar-refractivity contribution is 5.98. The predicted octanol–water partition coefficient (Wildman–Crippen LogP) is 1.64. The van der Waals surface area contributed by atoms with E-state index in [4.69, 9.17) is 15.7 Å². The summed E-state index contributed by atoms with van der Waals surface area (Å²) >= 11 is 0. The molecule has 2 aromatic carbocycles. The highest BCUT2D eigenvalue weighted by Gasteiger charge is 2.25. The minimum atomic E-state index is -1.01. The van der Waals surface area contributed by atoms with Gasteiger partial charge in [-0.15, -0.1) is 0 Å². The average Bonchev–Trinajstić information content (AvgIpc) is 2.63. The Labute approximate surface area is 150 Å². The number of nitrogens with zero attached hydrogens (tertiary/aromatic N) is 2. The summed E-state index contributed by atoms with van der Waals surface area (Å²) in [6, 6.07) is 12.9. The van der Waals surface area contributed by atoms with Crippen molar-refractivity contribution < 1.29 is 19.4 Å². The van der Waals surface area contributed by atoms with Crippen molar-refractivity contribution in [2.75, 3.05) is 13.1 Å². The van der Waals surface area contributed by atoms with Gasteiger partial charge in [-0.05, 0) is 41.3 Å². The molecule has 7 heteroatoms. The van der Waals surface area contributed by atoms with Gasteiger partial charge in [0.05, 0.1) is 6.21 Å². The van der Waals surface area contributed by atoms with Crippen LogP contribution in [0.25, 0.3) is 0 Å². The summed E-state index contributed by atoms with van der Waals surface area (Å²) in [5.41, 5.74) is 3.33. The van der Waals surface area contributed by atoms with E-state index in [2.05, 4.69) is 5.10 Å². The second kappa shape index (κ2) is 7.69. The summed E-state index contributed by atoms with van der Waals surface area (Å²) in [4.78, 5) is 24.5. The van der Waals surface area contributed by atoms with E-state index >= 15 is 0 Å². The number of hydrogen-bond acceptors (Lipinski definition) is 5. The van der Waals surface area contributed by atoms with Crippen LogP contribution in [-0.2, 0) is 17.8 Å². The van der Waals surface area contributed by atoms with Crippen LogP contribution in [0.3, 0.4) is 0 Å². The van der Waals surface area contributed by atoms with E-state index in [0.717, 1.165) is 16.7 Å². The maximum absolute atomic E-state index is 12.3. The lowest BCUT2D eigenvalue weighted by Crippen LogP contribution is -2.40. The van der Waals surface area contributed by atoms with Gasteiger partial charge in [0.15, 0.2) is 0 Å². The molecule has 0 spiro atoms. The monoisotopic (exact) mass is 353 g/mol. The largest absolute Gasteiger partial charge is 0.489 e. The predicted molar refractivity (Wildman–Crippen MR) is 96.2 cm³/mol. The van der Waals surface area contributed by atoms with E-state index in [-0.39, 0.29) is 12.5 Å². The molecule has 0 bridgehead atoms. The average molecular weight is 353 g/mol. The van der Waals surface area contributed by atoms with Crippen LogP contribution in [0.2, 0.25) is 0 Å². The Morgan fingerprint density at radius 2 is 2.04 bits per heavy atom. The third kappa shape index (κ3) is 4.00. The Bertz CT molecular complexity index is 846. The zero-order chi connectivity index (χ0) is 18.5.